The third kappa shape index (κ3) is 5.07. The van der Waals surface area contributed by atoms with Gasteiger partial charge < -0.3 is 9.84 Å². The van der Waals surface area contributed by atoms with Crippen molar-refractivity contribution in [1.29, 1.82) is 0 Å². The Morgan fingerprint density at radius 2 is 1.93 bits per heavy atom. The van der Waals surface area contributed by atoms with Gasteiger partial charge in [0, 0.05) is 5.02 Å². The Kier molecular flexibility index (Phi) is 6.40. The molecule has 1 atom stereocenters. The number of rotatable bonds is 5. The molecule has 0 aliphatic heterocycles. The van der Waals surface area contributed by atoms with Crippen molar-refractivity contribution < 1.29 is 19.4 Å². The third-order valence-corrected chi connectivity index (χ3v) is 4.65. The number of carbonyl (C=O) groups is 2. The molecule has 10 heteroatoms. The number of amides is 2. The molecular weight excluding hydrogens is 464 g/mol. The summed E-state index contributed by atoms with van der Waals surface area (Å²) in [7, 11) is 0. The molecule has 0 bridgehead atoms. The first-order valence-electron chi connectivity index (χ1n) is 8.41. The zero-order chi connectivity index (χ0) is 21.0. The minimum atomic E-state index is -0.914. The number of ether oxygens (including phenoxy) is 1. The molecule has 1 unspecified atom stereocenters. The fourth-order valence-electron chi connectivity index (χ4n) is 2.33. The van der Waals surface area contributed by atoms with Gasteiger partial charge in [-0.1, -0.05) is 29.8 Å². The van der Waals surface area contributed by atoms with Crippen LogP contribution < -0.4 is 15.6 Å². The first kappa shape index (κ1) is 20.7. The molecule has 3 rings (SSSR count). The monoisotopic (exact) mass is 478 g/mol. The molecule has 0 saturated carbocycles. The van der Waals surface area contributed by atoms with Crippen LogP contribution in [0.5, 0.6) is 11.5 Å². The maximum Gasteiger partial charge on any atom is 0.294 e. The highest BCUT2D eigenvalue weighted by atomic mass is 79.9. The van der Waals surface area contributed by atoms with Crippen LogP contribution in [0.4, 0.5) is 0 Å². The van der Waals surface area contributed by atoms with Gasteiger partial charge in [-0.2, -0.15) is 5.10 Å². The van der Waals surface area contributed by atoms with Gasteiger partial charge >= 0.3 is 0 Å². The maximum atomic E-state index is 12.3. The van der Waals surface area contributed by atoms with Crippen molar-refractivity contribution in [2.24, 2.45) is 0 Å². The summed E-state index contributed by atoms with van der Waals surface area (Å²) in [6.07, 6.45) is 0.388. The molecule has 150 valence electrons. The van der Waals surface area contributed by atoms with Crippen molar-refractivity contribution >= 4 is 39.3 Å². The Bertz CT molecular complexity index is 1040. The highest BCUT2D eigenvalue weighted by molar-refractivity contribution is 9.10. The summed E-state index contributed by atoms with van der Waals surface area (Å²) in [6, 6.07) is 13.8. The molecular formula is C19H16BrClN4O4. The summed E-state index contributed by atoms with van der Waals surface area (Å²) in [6.45, 7) is 1.52. The molecule has 3 aromatic rings. The highest BCUT2D eigenvalue weighted by Gasteiger charge is 2.20. The second-order valence-electron chi connectivity index (χ2n) is 5.92. The fourth-order valence-corrected chi connectivity index (χ4v) is 3.11. The largest absolute Gasteiger partial charge is 0.504 e. The van der Waals surface area contributed by atoms with E-state index in [-0.39, 0.29) is 11.4 Å². The van der Waals surface area contributed by atoms with E-state index in [9.17, 15) is 14.7 Å². The molecule has 0 saturated heterocycles. The molecule has 0 radical (unpaired) electrons. The van der Waals surface area contributed by atoms with E-state index in [0.717, 1.165) is 0 Å². The summed E-state index contributed by atoms with van der Waals surface area (Å²) in [5.41, 5.74) is 4.89. The number of para-hydroxylation sites is 1. The zero-order valence-corrected chi connectivity index (χ0v) is 17.4. The van der Waals surface area contributed by atoms with Crippen molar-refractivity contribution in [2.45, 2.75) is 13.0 Å². The van der Waals surface area contributed by atoms with Gasteiger partial charge in [-0.25, -0.2) is 4.68 Å². The van der Waals surface area contributed by atoms with Gasteiger partial charge in [-0.3, -0.25) is 20.4 Å². The van der Waals surface area contributed by atoms with E-state index in [0.29, 0.717) is 20.9 Å². The van der Waals surface area contributed by atoms with Crippen LogP contribution >= 0.6 is 27.5 Å². The van der Waals surface area contributed by atoms with Crippen LogP contribution in [0.25, 0.3) is 5.69 Å². The first-order chi connectivity index (χ1) is 13.8. The van der Waals surface area contributed by atoms with Gasteiger partial charge in [-0.05, 0) is 53.2 Å². The molecule has 0 aliphatic rings. The number of halogens is 2. The van der Waals surface area contributed by atoms with Gasteiger partial charge in [0.05, 0.1) is 16.4 Å². The molecule has 2 aromatic carbocycles. The van der Waals surface area contributed by atoms with Gasteiger partial charge in [0.1, 0.15) is 5.75 Å². The minimum absolute atomic E-state index is 0.233. The van der Waals surface area contributed by atoms with Crippen molar-refractivity contribution in [3.8, 4) is 17.2 Å². The van der Waals surface area contributed by atoms with Crippen molar-refractivity contribution in [2.75, 3.05) is 0 Å². The van der Waals surface area contributed by atoms with Crippen molar-refractivity contribution in [3.63, 3.8) is 0 Å². The van der Waals surface area contributed by atoms with E-state index in [1.807, 2.05) is 6.07 Å². The van der Waals surface area contributed by atoms with Crippen LogP contribution in [0, 0.1) is 0 Å². The van der Waals surface area contributed by atoms with E-state index in [1.165, 1.54) is 17.8 Å². The van der Waals surface area contributed by atoms with E-state index in [1.54, 1.807) is 42.5 Å². The number of benzene rings is 2. The lowest BCUT2D eigenvalue weighted by atomic mass is 10.3. The Labute approximate surface area is 179 Å². The number of nitrogens with zero attached hydrogens (tertiary/aromatic N) is 2. The quantitative estimate of drug-likeness (QED) is 0.487. The smallest absolute Gasteiger partial charge is 0.294 e. The maximum absolute atomic E-state index is 12.3. The Morgan fingerprint density at radius 1 is 1.21 bits per heavy atom. The van der Waals surface area contributed by atoms with Crippen LogP contribution in [0.15, 0.2) is 59.2 Å². The molecule has 0 fully saturated rings. The van der Waals surface area contributed by atoms with Crippen molar-refractivity contribution in [1.82, 2.24) is 20.6 Å². The third-order valence-electron chi connectivity index (χ3n) is 3.80. The Hall–Kier alpha value is -3.04. The van der Waals surface area contributed by atoms with E-state index in [4.69, 9.17) is 16.3 Å². The Morgan fingerprint density at radius 3 is 2.62 bits per heavy atom. The van der Waals surface area contributed by atoms with Crippen LogP contribution in [-0.4, -0.2) is 32.8 Å². The first-order valence-corrected chi connectivity index (χ1v) is 9.58. The second kappa shape index (κ2) is 8.97. The SMILES string of the molecule is CC(Oc1ccc(Cl)cc1Br)C(=O)NNC(=O)c1nn(-c2ccccc2)cc1O. The lowest BCUT2D eigenvalue weighted by molar-refractivity contribution is -0.128. The zero-order valence-electron chi connectivity index (χ0n) is 15.1. The average molecular weight is 480 g/mol. The van der Waals surface area contributed by atoms with E-state index >= 15 is 0 Å². The molecule has 0 aliphatic carbocycles. The lowest BCUT2D eigenvalue weighted by Crippen LogP contribution is -2.47. The van der Waals surface area contributed by atoms with Gasteiger partial charge in [0.25, 0.3) is 11.8 Å². The number of hydrazine groups is 1. The molecule has 0 spiro atoms. The highest BCUT2D eigenvalue weighted by Crippen LogP contribution is 2.28. The summed E-state index contributed by atoms with van der Waals surface area (Å²) >= 11 is 9.17. The summed E-state index contributed by atoms with van der Waals surface area (Å²) in [4.78, 5) is 24.5. The molecule has 1 heterocycles. The normalized spacial score (nSPS) is 11.6. The van der Waals surface area contributed by atoms with Crippen LogP contribution in [0.2, 0.25) is 5.02 Å². The van der Waals surface area contributed by atoms with Crippen LogP contribution in [-0.2, 0) is 4.79 Å². The van der Waals surface area contributed by atoms with Crippen LogP contribution in [0.3, 0.4) is 0 Å². The van der Waals surface area contributed by atoms with E-state index in [2.05, 4.69) is 31.9 Å². The van der Waals surface area contributed by atoms with Crippen LogP contribution in [0.1, 0.15) is 17.4 Å². The number of hydrogen-bond donors (Lipinski definition) is 3. The number of nitrogens with one attached hydrogen (secondary N) is 2. The Balaban J connectivity index is 1.60. The molecule has 29 heavy (non-hydrogen) atoms. The fraction of sp³-hybridized carbons (Fsp3) is 0.105. The minimum Gasteiger partial charge on any atom is -0.504 e. The number of carbonyl (C=O) groups excluding carboxylic acids is 2. The van der Waals surface area contributed by atoms with Gasteiger partial charge in [-0.15, -0.1) is 0 Å². The molecule has 2 amide bonds. The standard InChI is InChI=1S/C19H16BrClN4O4/c1-11(29-16-8-7-12(21)9-14(16)20)18(27)22-23-19(28)17-15(26)10-25(24-17)13-5-3-2-4-6-13/h2-11,26H,1H3,(H,22,27)(H,23,28). The predicted molar refractivity (Wildman–Crippen MR) is 110 cm³/mol. The second-order valence-corrected chi connectivity index (χ2v) is 7.21. The number of hydrogen-bond acceptors (Lipinski definition) is 5. The molecule has 1 aromatic heterocycles. The number of aromatic nitrogens is 2. The molecule has 8 nitrogen and oxygen atoms in total. The average Bonchev–Trinajstić information content (AvgIpc) is 3.10. The molecule has 3 N–H and O–H groups in total. The van der Waals surface area contributed by atoms with Crippen molar-refractivity contribution in [3.05, 3.63) is 69.9 Å². The summed E-state index contributed by atoms with van der Waals surface area (Å²) in [5, 5.41) is 14.5. The summed E-state index contributed by atoms with van der Waals surface area (Å²) < 4.78 is 7.49. The van der Waals surface area contributed by atoms with Gasteiger partial charge in [0.15, 0.2) is 17.5 Å². The predicted octanol–water partition coefficient (Wildman–Crippen LogP) is 3.22. The summed E-state index contributed by atoms with van der Waals surface area (Å²) in [5.74, 6) is -1.27. The number of aromatic hydroxyl groups is 1. The topological polar surface area (TPSA) is 105 Å². The van der Waals surface area contributed by atoms with Gasteiger partial charge in [0.2, 0.25) is 0 Å². The lowest BCUT2D eigenvalue weighted by Gasteiger charge is -2.16. The van der Waals surface area contributed by atoms with E-state index < -0.39 is 17.9 Å².